The number of hydrogen-bond donors (Lipinski definition) is 2. The lowest BCUT2D eigenvalue weighted by atomic mass is 10.4. The molecule has 0 fully saturated rings. The topological polar surface area (TPSA) is 67.1 Å². The van der Waals surface area contributed by atoms with Crippen LogP contribution in [0.5, 0.6) is 0 Å². The molecular formula is C11H21N5. The summed E-state index contributed by atoms with van der Waals surface area (Å²) in [6.07, 6.45) is 2.54. The summed E-state index contributed by atoms with van der Waals surface area (Å²) in [7, 11) is 0. The van der Waals surface area contributed by atoms with Crippen molar-refractivity contribution in [1.82, 2.24) is 9.97 Å². The van der Waals surface area contributed by atoms with Gasteiger partial charge >= 0.3 is 0 Å². The van der Waals surface area contributed by atoms with Crippen LogP contribution in [0.25, 0.3) is 0 Å². The molecule has 0 amide bonds. The van der Waals surface area contributed by atoms with Crippen molar-refractivity contribution in [1.29, 1.82) is 0 Å². The van der Waals surface area contributed by atoms with E-state index in [1.165, 1.54) is 0 Å². The third-order valence-corrected chi connectivity index (χ3v) is 2.43. The van der Waals surface area contributed by atoms with Crippen LogP contribution in [0, 0.1) is 0 Å². The second-order valence-electron chi connectivity index (χ2n) is 3.50. The Kier molecular flexibility index (Phi) is 5.56. The molecule has 3 N–H and O–H groups in total. The van der Waals surface area contributed by atoms with E-state index in [-0.39, 0.29) is 0 Å². The number of aromatic nitrogens is 2. The molecule has 0 aromatic carbocycles. The Morgan fingerprint density at radius 1 is 1.31 bits per heavy atom. The highest BCUT2D eigenvalue weighted by molar-refractivity contribution is 5.48. The van der Waals surface area contributed by atoms with Crippen LogP contribution in [0.4, 0.5) is 11.6 Å². The number of nitrogens with one attached hydrogen (secondary N) is 1. The van der Waals surface area contributed by atoms with Crippen LogP contribution in [0.3, 0.4) is 0 Å². The number of nitrogens with zero attached hydrogens (tertiary/aromatic N) is 3. The molecule has 0 radical (unpaired) electrons. The SMILES string of the molecule is CCN(CC)c1cc(NCCCN)ncn1. The molecule has 0 atom stereocenters. The van der Waals surface area contributed by atoms with Crippen molar-refractivity contribution in [2.24, 2.45) is 5.73 Å². The summed E-state index contributed by atoms with van der Waals surface area (Å²) in [5.41, 5.74) is 5.43. The molecule has 5 nitrogen and oxygen atoms in total. The van der Waals surface area contributed by atoms with E-state index in [1.807, 2.05) is 6.07 Å². The third kappa shape index (κ3) is 3.66. The van der Waals surface area contributed by atoms with Crippen molar-refractivity contribution >= 4 is 11.6 Å². The van der Waals surface area contributed by atoms with Gasteiger partial charge in [0.2, 0.25) is 0 Å². The van der Waals surface area contributed by atoms with Crippen molar-refractivity contribution in [2.75, 3.05) is 36.4 Å². The summed E-state index contributed by atoms with van der Waals surface area (Å²) < 4.78 is 0. The standard InChI is InChI=1S/C11H21N5/c1-3-16(4-2)11-8-10(14-9-15-11)13-7-5-6-12/h8-9H,3-7,12H2,1-2H3,(H,13,14,15). The van der Waals surface area contributed by atoms with Gasteiger partial charge in [-0.25, -0.2) is 9.97 Å². The summed E-state index contributed by atoms with van der Waals surface area (Å²) in [5, 5.41) is 3.23. The van der Waals surface area contributed by atoms with Gasteiger partial charge in [0.25, 0.3) is 0 Å². The van der Waals surface area contributed by atoms with E-state index in [1.54, 1.807) is 6.33 Å². The molecule has 0 saturated carbocycles. The molecule has 90 valence electrons. The highest BCUT2D eigenvalue weighted by atomic mass is 15.2. The Balaban J connectivity index is 2.62. The predicted octanol–water partition coefficient (Wildman–Crippen LogP) is 1.08. The zero-order valence-corrected chi connectivity index (χ0v) is 10.1. The molecule has 0 aliphatic carbocycles. The van der Waals surface area contributed by atoms with E-state index in [0.717, 1.165) is 37.7 Å². The van der Waals surface area contributed by atoms with Gasteiger partial charge in [-0.3, -0.25) is 0 Å². The zero-order chi connectivity index (χ0) is 11.8. The lowest BCUT2D eigenvalue weighted by Gasteiger charge is -2.19. The molecule has 0 aliphatic rings. The first-order valence-electron chi connectivity index (χ1n) is 5.82. The second kappa shape index (κ2) is 7.00. The second-order valence-corrected chi connectivity index (χ2v) is 3.50. The number of rotatable bonds is 7. The third-order valence-electron chi connectivity index (χ3n) is 2.43. The molecule has 0 bridgehead atoms. The normalized spacial score (nSPS) is 10.2. The molecule has 1 aromatic heterocycles. The van der Waals surface area contributed by atoms with E-state index < -0.39 is 0 Å². The van der Waals surface area contributed by atoms with Gasteiger partial charge in [0.1, 0.15) is 18.0 Å². The first-order valence-corrected chi connectivity index (χ1v) is 5.82. The summed E-state index contributed by atoms with van der Waals surface area (Å²) >= 11 is 0. The van der Waals surface area contributed by atoms with Gasteiger partial charge in [-0.2, -0.15) is 0 Å². The molecule has 1 aromatic rings. The van der Waals surface area contributed by atoms with Gasteiger partial charge in [-0.15, -0.1) is 0 Å². The van der Waals surface area contributed by atoms with E-state index in [4.69, 9.17) is 5.73 Å². The Morgan fingerprint density at radius 2 is 2.06 bits per heavy atom. The van der Waals surface area contributed by atoms with Crippen molar-refractivity contribution in [2.45, 2.75) is 20.3 Å². The lowest BCUT2D eigenvalue weighted by molar-refractivity contribution is 0.837. The van der Waals surface area contributed by atoms with Crippen LogP contribution in [0.15, 0.2) is 12.4 Å². The van der Waals surface area contributed by atoms with Gasteiger partial charge < -0.3 is 16.0 Å². The van der Waals surface area contributed by atoms with Crippen LogP contribution >= 0.6 is 0 Å². The highest BCUT2D eigenvalue weighted by Crippen LogP contribution is 2.13. The van der Waals surface area contributed by atoms with Gasteiger partial charge in [0.15, 0.2) is 0 Å². The summed E-state index contributed by atoms with van der Waals surface area (Å²) in [6.45, 7) is 7.69. The first-order chi connectivity index (χ1) is 7.81. The summed E-state index contributed by atoms with van der Waals surface area (Å²) in [6, 6.07) is 1.98. The average Bonchev–Trinajstić information content (AvgIpc) is 2.32. The Bertz CT molecular complexity index is 298. The van der Waals surface area contributed by atoms with E-state index in [2.05, 4.69) is 34.0 Å². The highest BCUT2D eigenvalue weighted by Gasteiger charge is 2.04. The number of nitrogens with two attached hydrogens (primary N) is 1. The summed E-state index contributed by atoms with van der Waals surface area (Å²) in [4.78, 5) is 10.6. The van der Waals surface area contributed by atoms with Crippen molar-refractivity contribution in [3.63, 3.8) is 0 Å². The van der Waals surface area contributed by atoms with Gasteiger partial charge in [-0.1, -0.05) is 0 Å². The monoisotopic (exact) mass is 223 g/mol. The Morgan fingerprint density at radius 3 is 2.69 bits per heavy atom. The predicted molar refractivity (Wildman–Crippen MR) is 67.8 cm³/mol. The van der Waals surface area contributed by atoms with Crippen LogP contribution in [-0.4, -0.2) is 36.1 Å². The smallest absolute Gasteiger partial charge is 0.134 e. The zero-order valence-electron chi connectivity index (χ0n) is 10.1. The van der Waals surface area contributed by atoms with Crippen molar-refractivity contribution in [3.8, 4) is 0 Å². The van der Waals surface area contributed by atoms with Crippen LogP contribution in [0.1, 0.15) is 20.3 Å². The molecule has 16 heavy (non-hydrogen) atoms. The molecule has 0 unspecified atom stereocenters. The Hall–Kier alpha value is -1.36. The van der Waals surface area contributed by atoms with Crippen LogP contribution < -0.4 is 16.0 Å². The fourth-order valence-corrected chi connectivity index (χ4v) is 1.48. The van der Waals surface area contributed by atoms with Crippen molar-refractivity contribution < 1.29 is 0 Å². The van der Waals surface area contributed by atoms with E-state index in [0.29, 0.717) is 6.54 Å². The van der Waals surface area contributed by atoms with Crippen LogP contribution in [0.2, 0.25) is 0 Å². The minimum Gasteiger partial charge on any atom is -0.370 e. The minimum atomic E-state index is 0.695. The first kappa shape index (κ1) is 12.7. The van der Waals surface area contributed by atoms with Gasteiger partial charge in [0, 0.05) is 25.7 Å². The molecule has 5 heteroatoms. The van der Waals surface area contributed by atoms with E-state index >= 15 is 0 Å². The maximum Gasteiger partial charge on any atom is 0.134 e. The largest absolute Gasteiger partial charge is 0.370 e. The Labute approximate surface area is 97.1 Å². The van der Waals surface area contributed by atoms with Gasteiger partial charge in [-0.05, 0) is 26.8 Å². The molecule has 0 saturated heterocycles. The van der Waals surface area contributed by atoms with Crippen molar-refractivity contribution in [3.05, 3.63) is 12.4 Å². The molecule has 0 spiro atoms. The maximum atomic E-state index is 5.43. The number of hydrogen-bond acceptors (Lipinski definition) is 5. The van der Waals surface area contributed by atoms with E-state index in [9.17, 15) is 0 Å². The molecule has 0 aliphatic heterocycles. The van der Waals surface area contributed by atoms with Gasteiger partial charge in [0.05, 0.1) is 0 Å². The molecular weight excluding hydrogens is 202 g/mol. The average molecular weight is 223 g/mol. The minimum absolute atomic E-state index is 0.695. The van der Waals surface area contributed by atoms with Crippen LogP contribution in [-0.2, 0) is 0 Å². The quantitative estimate of drug-likeness (QED) is 0.677. The lowest BCUT2D eigenvalue weighted by Crippen LogP contribution is -2.23. The fraction of sp³-hybridized carbons (Fsp3) is 0.636. The number of anilines is 2. The summed E-state index contributed by atoms with van der Waals surface area (Å²) in [5.74, 6) is 1.83. The molecule has 1 rings (SSSR count). The fourth-order valence-electron chi connectivity index (χ4n) is 1.48. The molecule has 1 heterocycles. The maximum absolute atomic E-state index is 5.43.